The first-order chi connectivity index (χ1) is 8.75. The van der Waals surface area contributed by atoms with Crippen LogP contribution in [0.5, 0.6) is 0 Å². The lowest BCUT2D eigenvalue weighted by atomic mass is 10.1. The van der Waals surface area contributed by atoms with Gasteiger partial charge in [0.25, 0.3) is 0 Å². The Balaban J connectivity index is 1.77. The van der Waals surface area contributed by atoms with Crippen LogP contribution < -0.4 is 5.32 Å². The highest BCUT2D eigenvalue weighted by molar-refractivity contribution is 6.31. The molecule has 2 rings (SSSR count). The summed E-state index contributed by atoms with van der Waals surface area (Å²) in [7, 11) is 0. The van der Waals surface area contributed by atoms with Crippen molar-refractivity contribution < 1.29 is 4.79 Å². The third kappa shape index (κ3) is 3.64. The molecule has 18 heavy (non-hydrogen) atoms. The lowest BCUT2D eigenvalue weighted by Gasteiger charge is -2.07. The van der Waals surface area contributed by atoms with Gasteiger partial charge in [-0.1, -0.05) is 29.8 Å². The zero-order valence-electron chi connectivity index (χ0n) is 9.97. The maximum atomic E-state index is 11.7. The summed E-state index contributed by atoms with van der Waals surface area (Å²) in [5.74, 6) is -0.00439. The Kier molecular flexibility index (Phi) is 4.42. The minimum absolute atomic E-state index is 0.00439. The van der Waals surface area contributed by atoms with Crippen LogP contribution in [0.15, 0.2) is 48.8 Å². The molecule has 0 unspecified atom stereocenters. The van der Waals surface area contributed by atoms with E-state index >= 15 is 0 Å². The molecule has 0 saturated heterocycles. The predicted molar refractivity (Wildman–Crippen MR) is 72.6 cm³/mol. The molecule has 0 spiro atoms. The molecule has 1 amide bonds. The molecule has 3 nitrogen and oxygen atoms in total. The smallest absolute Gasteiger partial charge is 0.224 e. The van der Waals surface area contributed by atoms with E-state index in [9.17, 15) is 4.79 Å². The summed E-state index contributed by atoms with van der Waals surface area (Å²) < 4.78 is 2.02. The molecule has 0 aliphatic heterocycles. The number of aromatic nitrogens is 1. The second kappa shape index (κ2) is 6.26. The van der Waals surface area contributed by atoms with Gasteiger partial charge in [0, 0.05) is 30.5 Å². The number of carbonyl (C=O) groups is 1. The van der Waals surface area contributed by atoms with E-state index in [-0.39, 0.29) is 5.91 Å². The number of benzene rings is 1. The van der Waals surface area contributed by atoms with Crippen LogP contribution in [0.25, 0.3) is 0 Å². The SMILES string of the molecule is O=C(Cc1ccccc1Cl)NCCn1cccc1. The third-order valence-electron chi connectivity index (χ3n) is 2.67. The van der Waals surface area contributed by atoms with Gasteiger partial charge in [-0.2, -0.15) is 0 Å². The lowest BCUT2D eigenvalue weighted by molar-refractivity contribution is -0.120. The molecule has 0 aliphatic rings. The van der Waals surface area contributed by atoms with Crippen molar-refractivity contribution in [3.05, 3.63) is 59.4 Å². The largest absolute Gasteiger partial charge is 0.354 e. The number of nitrogens with one attached hydrogen (secondary N) is 1. The minimum Gasteiger partial charge on any atom is -0.354 e. The maximum Gasteiger partial charge on any atom is 0.224 e. The number of nitrogens with zero attached hydrogens (tertiary/aromatic N) is 1. The highest BCUT2D eigenvalue weighted by Gasteiger charge is 2.05. The Hall–Kier alpha value is -1.74. The predicted octanol–water partition coefficient (Wildman–Crippen LogP) is 2.50. The first-order valence-corrected chi connectivity index (χ1v) is 6.24. The third-order valence-corrected chi connectivity index (χ3v) is 3.04. The first-order valence-electron chi connectivity index (χ1n) is 5.86. The van der Waals surface area contributed by atoms with Crippen LogP contribution in [-0.2, 0) is 17.8 Å². The maximum absolute atomic E-state index is 11.7. The van der Waals surface area contributed by atoms with Gasteiger partial charge in [0.15, 0.2) is 0 Å². The monoisotopic (exact) mass is 262 g/mol. The highest BCUT2D eigenvalue weighted by Crippen LogP contribution is 2.15. The lowest BCUT2D eigenvalue weighted by Crippen LogP contribution is -2.28. The van der Waals surface area contributed by atoms with Gasteiger partial charge in [-0.05, 0) is 23.8 Å². The fourth-order valence-electron chi connectivity index (χ4n) is 1.72. The Morgan fingerprint density at radius 3 is 2.61 bits per heavy atom. The van der Waals surface area contributed by atoms with Gasteiger partial charge < -0.3 is 9.88 Å². The molecule has 0 aliphatic carbocycles. The molecule has 0 fully saturated rings. The number of halogens is 1. The molecule has 1 aromatic carbocycles. The van der Waals surface area contributed by atoms with Crippen molar-refractivity contribution in [3.63, 3.8) is 0 Å². The quantitative estimate of drug-likeness (QED) is 0.883. The Bertz CT molecular complexity index is 508. The molecular weight excluding hydrogens is 248 g/mol. The molecule has 1 aromatic heterocycles. The van der Waals surface area contributed by atoms with Crippen LogP contribution in [0.4, 0.5) is 0 Å². The zero-order chi connectivity index (χ0) is 12.8. The van der Waals surface area contributed by atoms with Crippen molar-refractivity contribution in [2.24, 2.45) is 0 Å². The number of hydrogen-bond acceptors (Lipinski definition) is 1. The van der Waals surface area contributed by atoms with Crippen molar-refractivity contribution >= 4 is 17.5 Å². The van der Waals surface area contributed by atoms with E-state index in [1.165, 1.54) is 0 Å². The summed E-state index contributed by atoms with van der Waals surface area (Å²) in [6, 6.07) is 11.3. The molecule has 1 heterocycles. The zero-order valence-corrected chi connectivity index (χ0v) is 10.7. The molecule has 2 aromatic rings. The fourth-order valence-corrected chi connectivity index (χ4v) is 1.92. The number of carbonyl (C=O) groups excluding carboxylic acids is 1. The van der Waals surface area contributed by atoms with E-state index in [0.717, 1.165) is 12.1 Å². The molecule has 0 saturated carbocycles. The van der Waals surface area contributed by atoms with E-state index in [1.807, 2.05) is 47.3 Å². The minimum atomic E-state index is -0.00439. The van der Waals surface area contributed by atoms with Crippen molar-refractivity contribution in [1.82, 2.24) is 9.88 Å². The summed E-state index contributed by atoms with van der Waals surface area (Å²) in [4.78, 5) is 11.7. The van der Waals surface area contributed by atoms with E-state index in [2.05, 4.69) is 5.32 Å². The van der Waals surface area contributed by atoms with E-state index in [1.54, 1.807) is 6.07 Å². The number of rotatable bonds is 5. The summed E-state index contributed by atoms with van der Waals surface area (Å²) in [5, 5.41) is 3.52. The topological polar surface area (TPSA) is 34.0 Å². The summed E-state index contributed by atoms with van der Waals surface area (Å²) >= 11 is 6.00. The Labute approximate surface area is 111 Å². The van der Waals surface area contributed by atoms with Gasteiger partial charge in [-0.25, -0.2) is 0 Å². The molecule has 0 atom stereocenters. The number of hydrogen-bond donors (Lipinski definition) is 1. The van der Waals surface area contributed by atoms with Gasteiger partial charge in [0.1, 0.15) is 0 Å². The number of amides is 1. The van der Waals surface area contributed by atoms with Crippen molar-refractivity contribution in [3.8, 4) is 0 Å². The summed E-state index contributed by atoms with van der Waals surface area (Å²) in [6.45, 7) is 1.40. The fraction of sp³-hybridized carbons (Fsp3) is 0.214. The van der Waals surface area contributed by atoms with Gasteiger partial charge in [-0.3, -0.25) is 4.79 Å². The van der Waals surface area contributed by atoms with Crippen LogP contribution in [-0.4, -0.2) is 17.0 Å². The van der Waals surface area contributed by atoms with Crippen molar-refractivity contribution in [1.29, 1.82) is 0 Å². The van der Waals surface area contributed by atoms with Gasteiger partial charge in [-0.15, -0.1) is 0 Å². The summed E-state index contributed by atoms with van der Waals surface area (Å²) in [5.41, 5.74) is 0.859. The van der Waals surface area contributed by atoms with Gasteiger partial charge >= 0.3 is 0 Å². The highest BCUT2D eigenvalue weighted by atomic mass is 35.5. The van der Waals surface area contributed by atoms with Crippen molar-refractivity contribution in [2.75, 3.05) is 6.54 Å². The molecular formula is C14H15ClN2O. The van der Waals surface area contributed by atoms with Gasteiger partial charge in [0.05, 0.1) is 6.42 Å². The van der Waals surface area contributed by atoms with E-state index in [4.69, 9.17) is 11.6 Å². The first kappa shape index (κ1) is 12.7. The van der Waals surface area contributed by atoms with Gasteiger partial charge in [0.2, 0.25) is 5.91 Å². The van der Waals surface area contributed by atoms with Crippen LogP contribution in [0.2, 0.25) is 5.02 Å². The normalized spacial score (nSPS) is 10.3. The molecule has 0 radical (unpaired) electrons. The van der Waals surface area contributed by atoms with Crippen molar-refractivity contribution in [2.45, 2.75) is 13.0 Å². The standard InChI is InChI=1S/C14H15ClN2O/c15-13-6-2-1-5-12(13)11-14(18)16-7-10-17-8-3-4-9-17/h1-6,8-9H,7,10-11H2,(H,16,18). The molecule has 94 valence electrons. The second-order valence-electron chi connectivity index (χ2n) is 4.04. The Morgan fingerprint density at radius 2 is 1.89 bits per heavy atom. The molecule has 4 heteroatoms. The van der Waals surface area contributed by atoms with E-state index in [0.29, 0.717) is 18.0 Å². The Morgan fingerprint density at radius 1 is 1.17 bits per heavy atom. The molecule has 0 bridgehead atoms. The second-order valence-corrected chi connectivity index (χ2v) is 4.45. The average Bonchev–Trinajstić information content (AvgIpc) is 2.85. The summed E-state index contributed by atoms with van der Waals surface area (Å²) in [6.07, 6.45) is 4.27. The van der Waals surface area contributed by atoms with Crippen LogP contribution >= 0.6 is 11.6 Å². The van der Waals surface area contributed by atoms with Crippen LogP contribution in [0, 0.1) is 0 Å². The average molecular weight is 263 g/mol. The van der Waals surface area contributed by atoms with Crippen LogP contribution in [0.1, 0.15) is 5.56 Å². The van der Waals surface area contributed by atoms with E-state index < -0.39 is 0 Å². The molecule has 1 N–H and O–H groups in total. The van der Waals surface area contributed by atoms with Crippen LogP contribution in [0.3, 0.4) is 0 Å².